The molecule has 1 aliphatic heterocycles. The van der Waals surface area contributed by atoms with E-state index in [2.05, 4.69) is 15.9 Å². The van der Waals surface area contributed by atoms with Crippen LogP contribution in [0.2, 0.25) is 0 Å². The second-order valence-electron chi connectivity index (χ2n) is 6.79. The zero-order valence-electron chi connectivity index (χ0n) is 16.9. The quantitative estimate of drug-likeness (QED) is 0.386. The van der Waals surface area contributed by atoms with Gasteiger partial charge < -0.3 is 14.6 Å². The van der Waals surface area contributed by atoms with Gasteiger partial charge in [-0.05, 0) is 52.2 Å². The number of ether oxygens (including phenoxy) is 2. The highest BCUT2D eigenvalue weighted by Gasteiger charge is 2.32. The molecule has 1 heterocycles. The van der Waals surface area contributed by atoms with Gasteiger partial charge in [-0.3, -0.25) is 14.5 Å². The number of carbonyl (C=O) groups is 2. The van der Waals surface area contributed by atoms with Crippen molar-refractivity contribution in [1.82, 2.24) is 4.90 Å². The Bertz CT molecular complexity index is 1050. The SMILES string of the molecule is COc1cc(/C=C2\SC(=S)N(CCC(=O)O)C2=O)cc(Br)c1OCc1ccc(C)cc1. The molecule has 0 aliphatic carbocycles. The van der Waals surface area contributed by atoms with Crippen LogP contribution in [0.15, 0.2) is 45.8 Å². The normalized spacial score (nSPS) is 14.9. The Kier molecular flexibility index (Phi) is 7.74. The van der Waals surface area contributed by atoms with Gasteiger partial charge in [-0.25, -0.2) is 0 Å². The van der Waals surface area contributed by atoms with Crippen LogP contribution in [0.1, 0.15) is 23.1 Å². The molecule has 162 valence electrons. The lowest BCUT2D eigenvalue weighted by molar-refractivity contribution is -0.137. The van der Waals surface area contributed by atoms with Gasteiger partial charge in [0.1, 0.15) is 10.9 Å². The number of carboxylic acids is 1. The summed E-state index contributed by atoms with van der Waals surface area (Å²) in [6.07, 6.45) is 1.54. The second-order valence-corrected chi connectivity index (χ2v) is 9.32. The Hall–Kier alpha value is -2.36. The molecule has 1 saturated heterocycles. The Morgan fingerprint density at radius 1 is 1.29 bits per heavy atom. The van der Waals surface area contributed by atoms with Crippen LogP contribution in [-0.4, -0.2) is 39.9 Å². The van der Waals surface area contributed by atoms with Crippen molar-refractivity contribution >= 4 is 62.2 Å². The fraction of sp³-hybridized carbons (Fsp3) is 0.227. The molecule has 0 aromatic heterocycles. The lowest BCUT2D eigenvalue weighted by atomic mass is 10.1. The van der Waals surface area contributed by atoms with E-state index in [0.717, 1.165) is 22.9 Å². The number of benzene rings is 2. The third kappa shape index (κ3) is 5.87. The first-order valence-electron chi connectivity index (χ1n) is 9.31. The number of carboxylic acid groups (broad SMARTS) is 1. The van der Waals surface area contributed by atoms with Gasteiger partial charge in [0.2, 0.25) is 0 Å². The molecule has 0 spiro atoms. The second kappa shape index (κ2) is 10.3. The Morgan fingerprint density at radius 3 is 2.65 bits per heavy atom. The molecule has 0 unspecified atom stereocenters. The lowest BCUT2D eigenvalue weighted by Gasteiger charge is -2.14. The first kappa shape index (κ1) is 23.3. The number of thioether (sulfide) groups is 1. The molecule has 0 saturated carbocycles. The fourth-order valence-electron chi connectivity index (χ4n) is 2.85. The zero-order chi connectivity index (χ0) is 22.5. The Morgan fingerprint density at radius 2 is 2.00 bits per heavy atom. The summed E-state index contributed by atoms with van der Waals surface area (Å²) in [5, 5.41) is 8.86. The van der Waals surface area contributed by atoms with Crippen LogP contribution in [0.25, 0.3) is 6.08 Å². The molecule has 9 heteroatoms. The molecule has 31 heavy (non-hydrogen) atoms. The summed E-state index contributed by atoms with van der Waals surface area (Å²) in [6.45, 7) is 2.47. The van der Waals surface area contributed by atoms with Crippen LogP contribution < -0.4 is 9.47 Å². The maximum Gasteiger partial charge on any atom is 0.305 e. The highest BCUT2D eigenvalue weighted by Crippen LogP contribution is 2.39. The summed E-state index contributed by atoms with van der Waals surface area (Å²) in [5.41, 5.74) is 2.94. The van der Waals surface area contributed by atoms with Crippen molar-refractivity contribution in [3.63, 3.8) is 0 Å². The molecule has 6 nitrogen and oxygen atoms in total. The van der Waals surface area contributed by atoms with E-state index in [4.69, 9.17) is 26.8 Å². The average Bonchev–Trinajstić information content (AvgIpc) is 2.99. The number of halogens is 1. The van der Waals surface area contributed by atoms with E-state index in [1.54, 1.807) is 19.3 Å². The van der Waals surface area contributed by atoms with Crippen molar-refractivity contribution in [2.45, 2.75) is 20.0 Å². The molecule has 0 radical (unpaired) electrons. The highest BCUT2D eigenvalue weighted by molar-refractivity contribution is 9.10. The molecule has 2 aromatic rings. The van der Waals surface area contributed by atoms with Crippen molar-refractivity contribution in [3.05, 3.63) is 62.5 Å². The molecule has 1 fully saturated rings. The van der Waals surface area contributed by atoms with E-state index < -0.39 is 5.97 Å². The van der Waals surface area contributed by atoms with Crippen molar-refractivity contribution < 1.29 is 24.2 Å². The minimum absolute atomic E-state index is 0.0517. The standard InChI is InChI=1S/C22H20BrNO5S2/c1-13-3-5-14(6-4-13)12-29-20-16(23)9-15(10-17(20)28-2)11-18-21(27)24(22(30)31-18)8-7-19(25)26/h3-6,9-11H,7-8,12H2,1-2H3,(H,25,26)/b18-11-. The number of amides is 1. The van der Waals surface area contributed by atoms with Crippen molar-refractivity contribution in [2.75, 3.05) is 13.7 Å². The molecule has 0 bridgehead atoms. The lowest BCUT2D eigenvalue weighted by Crippen LogP contribution is -2.30. The number of hydrogen-bond acceptors (Lipinski definition) is 6. The first-order valence-corrected chi connectivity index (χ1v) is 11.3. The maximum absolute atomic E-state index is 12.6. The Balaban J connectivity index is 1.79. The number of rotatable bonds is 8. The van der Waals surface area contributed by atoms with Gasteiger partial charge in [-0.1, -0.05) is 53.8 Å². The van der Waals surface area contributed by atoms with Crippen molar-refractivity contribution in [2.24, 2.45) is 0 Å². The minimum Gasteiger partial charge on any atom is -0.493 e. The molecule has 3 rings (SSSR count). The van der Waals surface area contributed by atoms with Gasteiger partial charge >= 0.3 is 5.97 Å². The van der Waals surface area contributed by atoms with Crippen LogP contribution in [0.4, 0.5) is 0 Å². The van der Waals surface area contributed by atoms with Gasteiger partial charge in [0.05, 0.1) is 22.9 Å². The zero-order valence-corrected chi connectivity index (χ0v) is 20.1. The summed E-state index contributed by atoms with van der Waals surface area (Å²) in [7, 11) is 1.55. The number of aryl methyl sites for hydroxylation is 1. The molecular formula is C22H20BrNO5S2. The molecule has 1 aliphatic rings. The minimum atomic E-state index is -0.979. The van der Waals surface area contributed by atoms with E-state index in [1.165, 1.54) is 10.5 Å². The first-order chi connectivity index (χ1) is 14.8. The summed E-state index contributed by atoms with van der Waals surface area (Å²) >= 11 is 9.90. The molecule has 1 N–H and O–H groups in total. The van der Waals surface area contributed by atoms with E-state index in [-0.39, 0.29) is 18.9 Å². The fourth-order valence-corrected chi connectivity index (χ4v) is 4.74. The van der Waals surface area contributed by atoms with Crippen LogP contribution >= 0.6 is 39.9 Å². The summed E-state index contributed by atoms with van der Waals surface area (Å²) in [5.74, 6) is -0.192. The molecule has 0 atom stereocenters. The third-order valence-corrected chi connectivity index (χ3v) is 6.44. The monoisotopic (exact) mass is 521 g/mol. The predicted octanol–water partition coefficient (Wildman–Crippen LogP) is 5.02. The van der Waals surface area contributed by atoms with Gasteiger partial charge in [0, 0.05) is 6.54 Å². The van der Waals surface area contributed by atoms with Gasteiger partial charge in [-0.2, -0.15) is 0 Å². The summed E-state index contributed by atoms with van der Waals surface area (Å²) in [6, 6.07) is 11.7. The number of thiocarbonyl (C=S) groups is 1. The van der Waals surface area contributed by atoms with E-state index in [9.17, 15) is 9.59 Å². The predicted molar refractivity (Wildman–Crippen MR) is 128 cm³/mol. The van der Waals surface area contributed by atoms with Gasteiger partial charge in [0.15, 0.2) is 11.5 Å². The topological polar surface area (TPSA) is 76.1 Å². The van der Waals surface area contributed by atoms with Gasteiger partial charge in [-0.15, -0.1) is 0 Å². The van der Waals surface area contributed by atoms with Crippen molar-refractivity contribution in [3.8, 4) is 11.5 Å². The summed E-state index contributed by atoms with van der Waals surface area (Å²) in [4.78, 5) is 25.2. The van der Waals surface area contributed by atoms with Gasteiger partial charge in [0.25, 0.3) is 5.91 Å². The van der Waals surface area contributed by atoms with Crippen molar-refractivity contribution in [1.29, 1.82) is 0 Å². The Labute approximate surface area is 198 Å². The van der Waals surface area contributed by atoms with Crippen LogP contribution in [0.3, 0.4) is 0 Å². The molecule has 2 aromatic carbocycles. The van der Waals surface area contributed by atoms with E-state index >= 15 is 0 Å². The van der Waals surface area contributed by atoms with Crippen LogP contribution in [0, 0.1) is 6.92 Å². The number of hydrogen-bond donors (Lipinski definition) is 1. The maximum atomic E-state index is 12.6. The highest BCUT2D eigenvalue weighted by atomic mass is 79.9. The molecular weight excluding hydrogens is 502 g/mol. The third-order valence-electron chi connectivity index (χ3n) is 4.48. The average molecular weight is 522 g/mol. The van der Waals surface area contributed by atoms with E-state index in [0.29, 0.717) is 31.8 Å². The largest absolute Gasteiger partial charge is 0.493 e. The number of nitrogens with zero attached hydrogens (tertiary/aromatic N) is 1. The smallest absolute Gasteiger partial charge is 0.305 e. The number of aliphatic carboxylic acids is 1. The summed E-state index contributed by atoms with van der Waals surface area (Å²) < 4.78 is 12.5. The van der Waals surface area contributed by atoms with E-state index in [1.807, 2.05) is 37.3 Å². The number of methoxy groups -OCH3 is 1. The molecule has 1 amide bonds. The number of carbonyl (C=O) groups excluding carboxylic acids is 1. The van der Waals surface area contributed by atoms with Crippen LogP contribution in [-0.2, 0) is 16.2 Å². The van der Waals surface area contributed by atoms with Crippen LogP contribution in [0.5, 0.6) is 11.5 Å².